The van der Waals surface area contributed by atoms with Crippen molar-refractivity contribution in [1.29, 1.82) is 0 Å². The lowest BCUT2D eigenvalue weighted by atomic mass is 10.1. The maximum absolute atomic E-state index is 10.9. The Morgan fingerprint density at radius 1 is 1.69 bits per heavy atom. The van der Waals surface area contributed by atoms with Crippen molar-refractivity contribution >= 4 is 5.97 Å². The van der Waals surface area contributed by atoms with Gasteiger partial charge in [-0.3, -0.25) is 0 Å². The molecule has 13 heavy (non-hydrogen) atoms. The number of hydrogen-bond acceptors (Lipinski definition) is 3. The van der Waals surface area contributed by atoms with E-state index in [1.807, 2.05) is 6.92 Å². The molecule has 1 N–H and O–H groups in total. The maximum atomic E-state index is 10.9. The van der Waals surface area contributed by atoms with E-state index in [9.17, 15) is 9.90 Å². The Labute approximate surface area is 78.7 Å². The van der Waals surface area contributed by atoms with E-state index in [-0.39, 0.29) is 13.0 Å². The summed E-state index contributed by atoms with van der Waals surface area (Å²) < 4.78 is 4.63. The van der Waals surface area contributed by atoms with Crippen LogP contribution in [0.3, 0.4) is 0 Å². The van der Waals surface area contributed by atoms with Gasteiger partial charge in [-0.2, -0.15) is 0 Å². The fraction of sp³-hybridized carbons (Fsp3) is 0.500. The summed E-state index contributed by atoms with van der Waals surface area (Å²) in [5, 5.41) is 9.28. The minimum Gasteiger partial charge on any atom is -0.464 e. The van der Waals surface area contributed by atoms with E-state index in [1.165, 1.54) is 0 Å². The summed E-state index contributed by atoms with van der Waals surface area (Å²) in [5.41, 5.74) is 0.711. The number of aliphatic hydroxyl groups is 1. The van der Waals surface area contributed by atoms with Crippen molar-refractivity contribution in [2.45, 2.75) is 26.4 Å². The van der Waals surface area contributed by atoms with Gasteiger partial charge in [-0.1, -0.05) is 24.3 Å². The van der Waals surface area contributed by atoms with E-state index < -0.39 is 12.1 Å². The highest BCUT2D eigenvalue weighted by Crippen LogP contribution is 2.06. The Morgan fingerprint density at radius 2 is 2.31 bits per heavy atom. The monoisotopic (exact) mass is 184 g/mol. The van der Waals surface area contributed by atoms with E-state index >= 15 is 0 Å². The maximum Gasteiger partial charge on any atom is 0.335 e. The summed E-state index contributed by atoms with van der Waals surface area (Å²) in [4.78, 5) is 10.9. The van der Waals surface area contributed by atoms with E-state index in [4.69, 9.17) is 0 Å². The molecule has 74 valence electrons. The first-order chi connectivity index (χ1) is 6.11. The molecule has 0 amide bonds. The first-order valence-electron chi connectivity index (χ1n) is 4.27. The average molecular weight is 184 g/mol. The van der Waals surface area contributed by atoms with E-state index in [0.29, 0.717) is 5.57 Å². The van der Waals surface area contributed by atoms with Crippen LogP contribution in [0.2, 0.25) is 0 Å². The molecule has 0 aliphatic heterocycles. The van der Waals surface area contributed by atoms with Crippen LogP contribution < -0.4 is 0 Å². The molecule has 0 rings (SSSR count). The second kappa shape index (κ2) is 6.43. The van der Waals surface area contributed by atoms with Crippen molar-refractivity contribution < 1.29 is 14.6 Å². The summed E-state index contributed by atoms with van der Waals surface area (Å²) >= 11 is 0. The molecule has 1 unspecified atom stereocenters. The highest BCUT2D eigenvalue weighted by molar-refractivity contribution is 5.74. The quantitative estimate of drug-likeness (QED) is 0.519. The summed E-state index contributed by atoms with van der Waals surface area (Å²) in [6, 6.07) is 0. The largest absolute Gasteiger partial charge is 0.464 e. The number of ether oxygens (including phenoxy) is 1. The van der Waals surface area contributed by atoms with Crippen molar-refractivity contribution in [3.05, 3.63) is 24.3 Å². The molecular weight excluding hydrogens is 168 g/mol. The van der Waals surface area contributed by atoms with Gasteiger partial charge in [0, 0.05) is 6.42 Å². The number of aliphatic hydroxyl groups excluding tert-OH is 1. The van der Waals surface area contributed by atoms with Crippen molar-refractivity contribution in [1.82, 2.24) is 0 Å². The van der Waals surface area contributed by atoms with Crippen molar-refractivity contribution in [2.24, 2.45) is 0 Å². The zero-order valence-electron chi connectivity index (χ0n) is 8.12. The SMILES string of the molecule is C=C(/C=C/C)CC(O)C(=O)OCC. The van der Waals surface area contributed by atoms with Gasteiger partial charge in [0.05, 0.1) is 6.61 Å². The van der Waals surface area contributed by atoms with Crippen LogP contribution in [0, 0.1) is 0 Å². The first-order valence-corrected chi connectivity index (χ1v) is 4.27. The Balaban J connectivity index is 3.92. The first kappa shape index (κ1) is 11.9. The third-order valence-electron chi connectivity index (χ3n) is 1.42. The molecule has 0 spiro atoms. The van der Waals surface area contributed by atoms with Gasteiger partial charge in [-0.05, 0) is 13.8 Å². The smallest absolute Gasteiger partial charge is 0.335 e. The normalized spacial score (nSPS) is 12.8. The van der Waals surface area contributed by atoms with Gasteiger partial charge in [0.2, 0.25) is 0 Å². The van der Waals surface area contributed by atoms with Crippen LogP contribution in [0.5, 0.6) is 0 Å². The molecular formula is C10H16O3. The molecule has 0 aliphatic rings. The van der Waals surface area contributed by atoms with Crippen LogP contribution in [0.25, 0.3) is 0 Å². The molecule has 0 aliphatic carbocycles. The molecule has 0 heterocycles. The van der Waals surface area contributed by atoms with Gasteiger partial charge in [-0.25, -0.2) is 4.79 Å². The minimum absolute atomic E-state index is 0.225. The zero-order valence-corrected chi connectivity index (χ0v) is 8.12. The van der Waals surface area contributed by atoms with Crippen LogP contribution in [0.1, 0.15) is 20.3 Å². The van der Waals surface area contributed by atoms with E-state index in [2.05, 4.69) is 11.3 Å². The molecule has 0 aromatic rings. The fourth-order valence-electron chi connectivity index (χ4n) is 0.874. The Hall–Kier alpha value is -1.09. The molecule has 3 heteroatoms. The van der Waals surface area contributed by atoms with Gasteiger partial charge < -0.3 is 9.84 Å². The van der Waals surface area contributed by atoms with Crippen LogP contribution in [0.15, 0.2) is 24.3 Å². The highest BCUT2D eigenvalue weighted by Gasteiger charge is 2.15. The van der Waals surface area contributed by atoms with E-state index in [1.54, 1.807) is 19.1 Å². The fourth-order valence-corrected chi connectivity index (χ4v) is 0.874. The topological polar surface area (TPSA) is 46.5 Å². The second-order valence-corrected chi connectivity index (χ2v) is 2.63. The zero-order chi connectivity index (χ0) is 10.3. The lowest BCUT2D eigenvalue weighted by Crippen LogP contribution is -2.23. The third-order valence-corrected chi connectivity index (χ3v) is 1.42. The van der Waals surface area contributed by atoms with Crippen LogP contribution in [-0.2, 0) is 9.53 Å². The molecule has 0 fully saturated rings. The summed E-state index contributed by atoms with van der Waals surface area (Å²) in [6.07, 6.45) is 2.69. The van der Waals surface area contributed by atoms with Crippen LogP contribution in [-0.4, -0.2) is 23.8 Å². The number of carbonyl (C=O) groups excluding carboxylic acids is 1. The lowest BCUT2D eigenvalue weighted by Gasteiger charge is -2.08. The average Bonchev–Trinajstić information content (AvgIpc) is 2.05. The summed E-state index contributed by atoms with van der Waals surface area (Å²) in [5.74, 6) is -0.590. The molecule has 3 nitrogen and oxygen atoms in total. The Kier molecular flexibility index (Phi) is 5.89. The van der Waals surface area contributed by atoms with Crippen LogP contribution >= 0.6 is 0 Å². The number of hydrogen-bond donors (Lipinski definition) is 1. The molecule has 0 saturated heterocycles. The minimum atomic E-state index is -1.09. The Bertz CT molecular complexity index is 206. The van der Waals surface area contributed by atoms with Crippen molar-refractivity contribution in [3.63, 3.8) is 0 Å². The number of rotatable bonds is 5. The predicted molar refractivity (Wildman–Crippen MR) is 51.2 cm³/mol. The van der Waals surface area contributed by atoms with E-state index in [0.717, 1.165) is 0 Å². The third kappa shape index (κ3) is 5.20. The standard InChI is InChI=1S/C10H16O3/c1-4-6-8(3)7-9(11)10(12)13-5-2/h4,6,9,11H,3,5,7H2,1-2H3/b6-4+. The molecule has 0 aromatic heterocycles. The Morgan fingerprint density at radius 3 is 2.77 bits per heavy atom. The second-order valence-electron chi connectivity index (χ2n) is 2.63. The molecule has 0 aromatic carbocycles. The lowest BCUT2D eigenvalue weighted by molar-refractivity contribution is -0.152. The summed E-state index contributed by atoms with van der Waals surface area (Å²) in [6.45, 7) is 7.50. The van der Waals surface area contributed by atoms with Gasteiger partial charge in [0.25, 0.3) is 0 Å². The van der Waals surface area contributed by atoms with Crippen LogP contribution in [0.4, 0.5) is 0 Å². The van der Waals surface area contributed by atoms with Crippen molar-refractivity contribution in [3.8, 4) is 0 Å². The van der Waals surface area contributed by atoms with Gasteiger partial charge in [0.1, 0.15) is 0 Å². The highest BCUT2D eigenvalue weighted by atomic mass is 16.5. The summed E-state index contributed by atoms with van der Waals surface area (Å²) in [7, 11) is 0. The molecule has 1 atom stereocenters. The van der Waals surface area contributed by atoms with Gasteiger partial charge >= 0.3 is 5.97 Å². The van der Waals surface area contributed by atoms with Gasteiger partial charge in [0.15, 0.2) is 6.10 Å². The molecule has 0 radical (unpaired) electrons. The number of esters is 1. The number of carbonyl (C=O) groups is 1. The molecule has 0 saturated carbocycles. The molecule has 0 bridgehead atoms. The number of allylic oxidation sites excluding steroid dienone is 2. The van der Waals surface area contributed by atoms with Gasteiger partial charge in [-0.15, -0.1) is 0 Å². The van der Waals surface area contributed by atoms with Crippen molar-refractivity contribution in [2.75, 3.05) is 6.61 Å². The predicted octanol–water partition coefficient (Wildman–Crippen LogP) is 1.43.